The molecular weight excluding hydrogens is 318 g/mol. The van der Waals surface area contributed by atoms with Crippen LogP contribution in [0.2, 0.25) is 0 Å². The third-order valence-electron chi connectivity index (χ3n) is 3.77. The summed E-state index contributed by atoms with van der Waals surface area (Å²) in [5.41, 5.74) is 2.29. The molecule has 6 nitrogen and oxygen atoms in total. The van der Waals surface area contributed by atoms with Crippen LogP contribution >= 0.6 is 0 Å². The molecule has 0 unspecified atom stereocenters. The van der Waals surface area contributed by atoms with Crippen LogP contribution in [0.15, 0.2) is 42.5 Å². The summed E-state index contributed by atoms with van der Waals surface area (Å²) < 4.78 is 11.1. The van der Waals surface area contributed by atoms with Crippen molar-refractivity contribution < 1.29 is 14.3 Å². The second-order valence-corrected chi connectivity index (χ2v) is 5.89. The Hall–Kier alpha value is -3.04. The van der Waals surface area contributed by atoms with Gasteiger partial charge in [-0.3, -0.25) is 9.69 Å². The van der Waals surface area contributed by atoms with Crippen LogP contribution in [-0.4, -0.2) is 37.6 Å². The van der Waals surface area contributed by atoms with Crippen LogP contribution < -0.4 is 14.8 Å². The lowest BCUT2D eigenvalue weighted by Crippen LogP contribution is -2.29. The van der Waals surface area contributed by atoms with E-state index < -0.39 is 0 Å². The minimum absolute atomic E-state index is 0.107. The second kappa shape index (κ2) is 7.69. The summed E-state index contributed by atoms with van der Waals surface area (Å²) in [4.78, 5) is 14.1. The van der Waals surface area contributed by atoms with Crippen molar-refractivity contribution in [3.63, 3.8) is 0 Å². The summed E-state index contributed by atoms with van der Waals surface area (Å²) in [5.74, 6) is 1.40. The van der Waals surface area contributed by atoms with Gasteiger partial charge in [0.15, 0.2) is 11.5 Å². The molecule has 0 saturated heterocycles. The number of fused-ring (bicyclic) bond motifs is 1. The summed E-state index contributed by atoms with van der Waals surface area (Å²) in [6.07, 6.45) is 0. The largest absolute Gasteiger partial charge is 0.486 e. The van der Waals surface area contributed by atoms with E-state index in [4.69, 9.17) is 14.7 Å². The van der Waals surface area contributed by atoms with Crippen molar-refractivity contribution >= 4 is 11.6 Å². The first-order valence-electron chi connectivity index (χ1n) is 8.01. The molecular formula is C19H19N3O3. The molecule has 0 bridgehead atoms. The maximum absolute atomic E-state index is 12.1. The van der Waals surface area contributed by atoms with Crippen LogP contribution in [-0.2, 0) is 11.3 Å². The maximum Gasteiger partial charge on any atom is 0.238 e. The molecule has 25 heavy (non-hydrogen) atoms. The Kier molecular flexibility index (Phi) is 5.17. The van der Waals surface area contributed by atoms with Crippen LogP contribution in [0, 0.1) is 11.3 Å². The van der Waals surface area contributed by atoms with E-state index in [9.17, 15) is 4.79 Å². The lowest BCUT2D eigenvalue weighted by atomic mass is 10.2. The lowest BCUT2D eigenvalue weighted by Gasteiger charge is -2.21. The number of likely N-dealkylation sites (N-methyl/N-ethyl adjacent to an activating group) is 1. The standard InChI is InChI=1S/C19H19N3O3/c1-22(12-15-4-7-17-18(10-15)25-9-8-24-17)13-19(23)21-16-5-2-14(11-20)3-6-16/h2-7,10H,8-9,12-13H2,1H3,(H,21,23). The molecule has 1 heterocycles. The van der Waals surface area contributed by atoms with E-state index in [1.165, 1.54) is 0 Å². The van der Waals surface area contributed by atoms with Gasteiger partial charge in [0.1, 0.15) is 13.2 Å². The number of nitrogens with zero attached hydrogens (tertiary/aromatic N) is 2. The van der Waals surface area contributed by atoms with E-state index in [1.807, 2.05) is 36.2 Å². The normalized spacial score (nSPS) is 12.5. The summed E-state index contributed by atoms with van der Waals surface area (Å²) >= 11 is 0. The van der Waals surface area contributed by atoms with Gasteiger partial charge in [0.2, 0.25) is 5.91 Å². The van der Waals surface area contributed by atoms with E-state index >= 15 is 0 Å². The predicted molar refractivity (Wildman–Crippen MR) is 93.6 cm³/mol. The minimum Gasteiger partial charge on any atom is -0.486 e. The molecule has 0 fully saturated rings. The van der Waals surface area contributed by atoms with Crippen molar-refractivity contribution in [3.8, 4) is 17.6 Å². The van der Waals surface area contributed by atoms with Gasteiger partial charge >= 0.3 is 0 Å². The van der Waals surface area contributed by atoms with Gasteiger partial charge in [-0.05, 0) is 49.0 Å². The number of hydrogen-bond acceptors (Lipinski definition) is 5. The van der Waals surface area contributed by atoms with Gasteiger partial charge in [-0.15, -0.1) is 0 Å². The Labute approximate surface area is 146 Å². The number of carbonyl (C=O) groups excluding carboxylic acids is 1. The van der Waals surface area contributed by atoms with E-state index in [2.05, 4.69) is 5.32 Å². The Bertz CT molecular complexity index is 797. The maximum atomic E-state index is 12.1. The van der Waals surface area contributed by atoms with Crippen LogP contribution in [0.25, 0.3) is 0 Å². The first-order chi connectivity index (χ1) is 12.1. The van der Waals surface area contributed by atoms with E-state index in [0.717, 1.165) is 17.1 Å². The van der Waals surface area contributed by atoms with Gasteiger partial charge in [0, 0.05) is 12.2 Å². The number of ether oxygens (including phenoxy) is 2. The molecule has 1 N–H and O–H groups in total. The molecule has 0 saturated carbocycles. The Morgan fingerprint density at radius 2 is 1.88 bits per heavy atom. The summed E-state index contributed by atoms with van der Waals surface area (Å²) in [5, 5.41) is 11.6. The first-order valence-corrected chi connectivity index (χ1v) is 8.01. The number of anilines is 1. The average Bonchev–Trinajstić information content (AvgIpc) is 2.62. The Morgan fingerprint density at radius 3 is 2.60 bits per heavy atom. The van der Waals surface area contributed by atoms with Crippen molar-refractivity contribution in [1.29, 1.82) is 5.26 Å². The highest BCUT2D eigenvalue weighted by Crippen LogP contribution is 2.30. The fourth-order valence-electron chi connectivity index (χ4n) is 2.63. The summed E-state index contributed by atoms with van der Waals surface area (Å²) in [6, 6.07) is 14.7. The number of amides is 1. The van der Waals surface area contributed by atoms with Crippen molar-refractivity contribution in [3.05, 3.63) is 53.6 Å². The van der Waals surface area contributed by atoms with Gasteiger partial charge in [-0.25, -0.2) is 0 Å². The van der Waals surface area contributed by atoms with Crippen LogP contribution in [0.3, 0.4) is 0 Å². The number of hydrogen-bond donors (Lipinski definition) is 1. The SMILES string of the molecule is CN(CC(=O)Nc1ccc(C#N)cc1)Cc1ccc2c(c1)OCCO2. The first kappa shape index (κ1) is 16.8. The van der Waals surface area contributed by atoms with Crippen molar-refractivity contribution in [2.24, 2.45) is 0 Å². The molecule has 0 atom stereocenters. The van der Waals surface area contributed by atoms with Crippen LogP contribution in [0.4, 0.5) is 5.69 Å². The highest BCUT2D eigenvalue weighted by Gasteiger charge is 2.13. The average molecular weight is 337 g/mol. The zero-order valence-electron chi connectivity index (χ0n) is 14.0. The molecule has 3 rings (SSSR count). The van der Waals surface area contributed by atoms with Crippen LogP contribution in [0.5, 0.6) is 11.5 Å². The third kappa shape index (κ3) is 4.49. The van der Waals surface area contributed by atoms with Gasteiger partial charge in [0.25, 0.3) is 0 Å². The van der Waals surface area contributed by atoms with Gasteiger partial charge in [0.05, 0.1) is 18.2 Å². The molecule has 0 aliphatic carbocycles. The van der Waals surface area contributed by atoms with Crippen molar-refractivity contribution in [1.82, 2.24) is 4.90 Å². The molecule has 0 spiro atoms. The van der Waals surface area contributed by atoms with E-state index in [1.54, 1.807) is 24.3 Å². The van der Waals surface area contributed by atoms with Crippen molar-refractivity contribution in [2.75, 3.05) is 32.1 Å². The number of benzene rings is 2. The van der Waals surface area contributed by atoms with Gasteiger partial charge in [-0.2, -0.15) is 5.26 Å². The molecule has 0 radical (unpaired) electrons. The number of nitriles is 1. The highest BCUT2D eigenvalue weighted by molar-refractivity contribution is 5.92. The van der Waals surface area contributed by atoms with Crippen molar-refractivity contribution in [2.45, 2.75) is 6.54 Å². The smallest absolute Gasteiger partial charge is 0.238 e. The summed E-state index contributed by atoms with van der Waals surface area (Å²) in [6.45, 7) is 2.01. The fourth-order valence-corrected chi connectivity index (χ4v) is 2.63. The molecule has 2 aromatic carbocycles. The molecule has 1 amide bonds. The molecule has 1 aliphatic rings. The number of nitrogens with one attached hydrogen (secondary N) is 1. The quantitative estimate of drug-likeness (QED) is 0.907. The van der Waals surface area contributed by atoms with E-state index in [0.29, 0.717) is 31.0 Å². The van der Waals surface area contributed by atoms with Gasteiger partial charge in [-0.1, -0.05) is 6.07 Å². The lowest BCUT2D eigenvalue weighted by molar-refractivity contribution is -0.117. The summed E-state index contributed by atoms with van der Waals surface area (Å²) in [7, 11) is 1.88. The van der Waals surface area contributed by atoms with Gasteiger partial charge < -0.3 is 14.8 Å². The zero-order valence-corrected chi connectivity index (χ0v) is 14.0. The third-order valence-corrected chi connectivity index (χ3v) is 3.77. The molecule has 1 aliphatic heterocycles. The van der Waals surface area contributed by atoms with E-state index in [-0.39, 0.29) is 12.5 Å². The molecule has 128 valence electrons. The topological polar surface area (TPSA) is 74.6 Å². The Balaban J connectivity index is 1.53. The minimum atomic E-state index is -0.107. The Morgan fingerprint density at radius 1 is 1.16 bits per heavy atom. The van der Waals surface area contributed by atoms with Crippen LogP contribution in [0.1, 0.15) is 11.1 Å². The molecule has 2 aromatic rings. The number of rotatable bonds is 5. The fraction of sp³-hybridized carbons (Fsp3) is 0.263. The second-order valence-electron chi connectivity index (χ2n) is 5.89. The highest BCUT2D eigenvalue weighted by atomic mass is 16.6. The zero-order chi connectivity index (χ0) is 17.6. The number of carbonyl (C=O) groups is 1. The molecule has 6 heteroatoms. The monoisotopic (exact) mass is 337 g/mol. The molecule has 0 aromatic heterocycles. The predicted octanol–water partition coefficient (Wildman–Crippen LogP) is 2.40.